The van der Waals surface area contributed by atoms with Crippen LogP contribution in [-0.2, 0) is 4.79 Å². The number of hydrogen-bond donors (Lipinski definition) is 2. The molecule has 1 saturated heterocycles. The molecule has 0 radical (unpaired) electrons. The quantitative estimate of drug-likeness (QED) is 0.104. The van der Waals surface area contributed by atoms with Gasteiger partial charge in [0.25, 0.3) is 0 Å². The summed E-state index contributed by atoms with van der Waals surface area (Å²) in [6.07, 6.45) is 2.82. The first kappa shape index (κ1) is 11.7. The molecule has 0 aromatic rings. The van der Waals surface area contributed by atoms with Crippen LogP contribution in [-0.4, -0.2) is 27.3 Å². The van der Waals surface area contributed by atoms with Crippen LogP contribution in [0.2, 0.25) is 0 Å². The van der Waals surface area contributed by atoms with Crippen LogP contribution in [0.25, 0.3) is 0 Å². The summed E-state index contributed by atoms with van der Waals surface area (Å²) in [6.45, 7) is 2.65. The Morgan fingerprint density at radius 3 is 3.14 bits per heavy atom. The average molecular weight is 310 g/mol. The fraction of sp³-hybridized carbons (Fsp3) is 0.778. The second-order valence-corrected chi connectivity index (χ2v) is 6.71. The van der Waals surface area contributed by atoms with E-state index < -0.39 is 0 Å². The zero-order chi connectivity index (χ0) is 10.4. The molecule has 3 N–H and O–H groups in total. The van der Waals surface area contributed by atoms with E-state index in [4.69, 9.17) is 5.73 Å². The molecule has 1 rings (SSSR count). The molecule has 1 aliphatic rings. The van der Waals surface area contributed by atoms with Gasteiger partial charge in [-0.15, -0.1) is 0 Å². The third-order valence-electron chi connectivity index (χ3n) is 1.95. The van der Waals surface area contributed by atoms with Crippen molar-refractivity contribution in [3.05, 3.63) is 0 Å². The number of nitrogens with zero attached hydrogens (tertiary/aromatic N) is 1. The number of carbonyl (C=O) groups is 1. The molecular formula is C9H17IN3O-. The van der Waals surface area contributed by atoms with Crippen LogP contribution in [0.15, 0.2) is 4.99 Å². The van der Waals surface area contributed by atoms with Crippen molar-refractivity contribution in [2.45, 2.75) is 23.8 Å². The summed E-state index contributed by atoms with van der Waals surface area (Å²) < 4.78 is 1.99. The van der Waals surface area contributed by atoms with Crippen molar-refractivity contribution in [2.24, 2.45) is 16.6 Å². The van der Waals surface area contributed by atoms with E-state index in [1.54, 1.807) is 0 Å². The number of alkyl halides is 2. The molecule has 0 saturated carbocycles. The van der Waals surface area contributed by atoms with Gasteiger partial charge in [0, 0.05) is 0 Å². The molecule has 0 aromatic carbocycles. The predicted octanol–water partition coefficient (Wildman–Crippen LogP) is -3.07. The third-order valence-corrected chi connectivity index (χ3v) is 4.02. The van der Waals surface area contributed by atoms with Crippen LogP contribution >= 0.6 is 0 Å². The van der Waals surface area contributed by atoms with Gasteiger partial charge in [0.2, 0.25) is 0 Å². The first-order chi connectivity index (χ1) is 6.72. The zero-order valence-corrected chi connectivity index (χ0v) is 10.5. The summed E-state index contributed by atoms with van der Waals surface area (Å²) in [5.74, 6) is 0.722. The summed E-state index contributed by atoms with van der Waals surface area (Å²) in [5, 5.41) is 3.16. The van der Waals surface area contributed by atoms with Crippen molar-refractivity contribution >= 4 is 12.2 Å². The molecule has 0 spiro atoms. The number of aldehydes is 1. The molecule has 1 heterocycles. The number of halogens is 1. The number of nitrogens with two attached hydrogens (primary N) is 1. The van der Waals surface area contributed by atoms with Crippen LogP contribution in [0.5, 0.6) is 0 Å². The molecule has 2 atom stereocenters. The summed E-state index contributed by atoms with van der Waals surface area (Å²) in [6, 6.07) is 0. The molecule has 0 aromatic heterocycles. The molecule has 4 nitrogen and oxygen atoms in total. The molecule has 82 valence electrons. The SMILES string of the molecule is C[C@H](C=O)CCCN=C(N)NC1C[I-]1. The van der Waals surface area contributed by atoms with Crippen molar-refractivity contribution in [3.63, 3.8) is 0 Å². The summed E-state index contributed by atoms with van der Waals surface area (Å²) in [5.41, 5.74) is 5.65. The number of aliphatic imine (C=N–C) groups is 1. The van der Waals surface area contributed by atoms with Crippen molar-refractivity contribution in [3.8, 4) is 0 Å². The minimum absolute atomic E-state index is 0.147. The molecule has 14 heavy (non-hydrogen) atoms. The molecular weight excluding hydrogens is 293 g/mol. The second-order valence-electron chi connectivity index (χ2n) is 3.44. The van der Waals surface area contributed by atoms with Gasteiger partial charge in [-0.3, -0.25) is 0 Å². The Hall–Kier alpha value is -0.330. The van der Waals surface area contributed by atoms with E-state index in [1.165, 1.54) is 4.43 Å². The molecule has 5 heteroatoms. The normalized spacial score (nSPS) is 23.5. The van der Waals surface area contributed by atoms with E-state index >= 15 is 0 Å². The Labute approximate surface area is 95.0 Å². The van der Waals surface area contributed by atoms with E-state index in [2.05, 4.69) is 10.3 Å². The predicted molar refractivity (Wildman–Crippen MR) is 52.7 cm³/mol. The molecule has 0 amide bonds. The number of rotatable bonds is 6. The molecule has 0 aliphatic carbocycles. The summed E-state index contributed by atoms with van der Waals surface area (Å²) >= 11 is 0.389. The maximum absolute atomic E-state index is 10.3. The van der Waals surface area contributed by atoms with Crippen molar-refractivity contribution < 1.29 is 26.0 Å². The van der Waals surface area contributed by atoms with Gasteiger partial charge >= 0.3 is 95.0 Å². The van der Waals surface area contributed by atoms with Crippen LogP contribution in [0.1, 0.15) is 19.8 Å². The van der Waals surface area contributed by atoms with Crippen molar-refractivity contribution in [1.29, 1.82) is 0 Å². The number of carbonyl (C=O) groups excluding carboxylic acids is 1. The standard InChI is InChI=1S/C9H17IN3O/c1-7(6-14)3-2-4-12-9(11)13-8-5-10-8/h6-8H,2-5H2,1H3,(H3,11,12,13)/q-1/t7-,8?/m0/s1. The van der Waals surface area contributed by atoms with E-state index in [9.17, 15) is 4.79 Å². The topological polar surface area (TPSA) is 67.5 Å². The van der Waals surface area contributed by atoms with Gasteiger partial charge in [0.1, 0.15) is 0 Å². The molecule has 1 unspecified atom stereocenters. The van der Waals surface area contributed by atoms with E-state index in [0.717, 1.165) is 25.7 Å². The van der Waals surface area contributed by atoms with Gasteiger partial charge in [-0.05, 0) is 0 Å². The van der Waals surface area contributed by atoms with Crippen molar-refractivity contribution in [2.75, 3.05) is 11.0 Å². The fourth-order valence-corrected chi connectivity index (χ4v) is 2.02. The second kappa shape index (κ2) is 6.21. The van der Waals surface area contributed by atoms with Crippen molar-refractivity contribution in [1.82, 2.24) is 5.32 Å². The van der Waals surface area contributed by atoms with Crippen LogP contribution < -0.4 is 32.3 Å². The first-order valence-corrected chi connectivity index (χ1v) is 7.59. The van der Waals surface area contributed by atoms with E-state index in [1.807, 2.05) is 6.92 Å². The van der Waals surface area contributed by atoms with Gasteiger partial charge in [-0.1, -0.05) is 0 Å². The fourth-order valence-electron chi connectivity index (χ4n) is 1.01. The first-order valence-electron chi connectivity index (χ1n) is 4.82. The van der Waals surface area contributed by atoms with E-state index in [-0.39, 0.29) is 5.92 Å². The monoisotopic (exact) mass is 310 g/mol. The molecule has 1 aliphatic heterocycles. The Bertz CT molecular complexity index is 216. The molecule has 1 fully saturated rings. The van der Waals surface area contributed by atoms with Gasteiger partial charge < -0.3 is 0 Å². The number of hydrogen-bond acceptors (Lipinski definition) is 2. The Balaban J connectivity index is 2.02. The molecule has 0 bridgehead atoms. The maximum atomic E-state index is 10.3. The van der Waals surface area contributed by atoms with Gasteiger partial charge in [0.15, 0.2) is 0 Å². The van der Waals surface area contributed by atoms with Crippen LogP contribution in [0, 0.1) is 5.92 Å². The minimum atomic E-state index is 0.147. The number of nitrogens with one attached hydrogen (secondary N) is 1. The third kappa shape index (κ3) is 5.41. The number of guanidine groups is 1. The van der Waals surface area contributed by atoms with Crippen LogP contribution in [0.3, 0.4) is 0 Å². The Morgan fingerprint density at radius 1 is 1.86 bits per heavy atom. The zero-order valence-electron chi connectivity index (χ0n) is 8.37. The van der Waals surface area contributed by atoms with Gasteiger partial charge in [0.05, 0.1) is 0 Å². The average Bonchev–Trinajstić information content (AvgIpc) is 2.95. The summed E-state index contributed by atoms with van der Waals surface area (Å²) in [4.78, 5) is 14.5. The summed E-state index contributed by atoms with van der Waals surface area (Å²) in [7, 11) is 0. The Morgan fingerprint density at radius 2 is 2.57 bits per heavy atom. The van der Waals surface area contributed by atoms with Gasteiger partial charge in [-0.2, -0.15) is 0 Å². The van der Waals surface area contributed by atoms with Crippen LogP contribution in [0.4, 0.5) is 0 Å². The van der Waals surface area contributed by atoms with E-state index in [0.29, 0.717) is 31.2 Å². The van der Waals surface area contributed by atoms with Gasteiger partial charge in [-0.25, -0.2) is 0 Å². The Kier molecular flexibility index (Phi) is 5.21.